The summed E-state index contributed by atoms with van der Waals surface area (Å²) in [6.07, 6.45) is 2.02. The summed E-state index contributed by atoms with van der Waals surface area (Å²) in [5.74, 6) is -0.0271. The van der Waals surface area contributed by atoms with Crippen molar-refractivity contribution in [2.75, 3.05) is 19.5 Å². The van der Waals surface area contributed by atoms with Gasteiger partial charge in [0.15, 0.2) is 0 Å². The molecular formula is C12H19N3O4. The molecule has 1 saturated carbocycles. The third-order valence-corrected chi connectivity index (χ3v) is 3.62. The normalized spacial score (nSPS) is 26.8. The van der Waals surface area contributed by atoms with Gasteiger partial charge in [0.2, 0.25) is 0 Å². The Hall–Kier alpha value is -1.44. The fourth-order valence-corrected chi connectivity index (χ4v) is 2.55. The van der Waals surface area contributed by atoms with Crippen molar-refractivity contribution < 1.29 is 14.9 Å². The van der Waals surface area contributed by atoms with Gasteiger partial charge in [-0.1, -0.05) is 0 Å². The Balaban J connectivity index is 2.30. The van der Waals surface area contributed by atoms with Crippen LogP contribution in [0.4, 0.5) is 5.82 Å². The fourth-order valence-electron chi connectivity index (χ4n) is 2.55. The van der Waals surface area contributed by atoms with Crippen LogP contribution in [0.2, 0.25) is 0 Å². The number of methoxy groups -OCH3 is 1. The number of nitrogens with two attached hydrogens (primary N) is 1. The second-order valence-electron chi connectivity index (χ2n) is 4.91. The maximum atomic E-state index is 11.9. The van der Waals surface area contributed by atoms with Crippen molar-refractivity contribution in [3.63, 3.8) is 0 Å². The minimum atomic E-state index is -0.592. The van der Waals surface area contributed by atoms with Gasteiger partial charge in [-0.05, 0) is 12.8 Å². The zero-order valence-corrected chi connectivity index (χ0v) is 10.8. The first-order valence-corrected chi connectivity index (χ1v) is 6.22. The second-order valence-corrected chi connectivity index (χ2v) is 4.91. The van der Waals surface area contributed by atoms with Crippen molar-refractivity contribution in [1.82, 2.24) is 9.55 Å². The summed E-state index contributed by atoms with van der Waals surface area (Å²) in [6, 6.07) is -0.164. The molecule has 7 heteroatoms. The fraction of sp³-hybridized carbons (Fsp3) is 0.667. The summed E-state index contributed by atoms with van der Waals surface area (Å²) in [5.41, 5.74) is 5.87. The summed E-state index contributed by atoms with van der Waals surface area (Å²) < 4.78 is 6.48. The summed E-state index contributed by atoms with van der Waals surface area (Å²) in [6.45, 7) is 0.192. The third kappa shape index (κ3) is 2.78. The maximum absolute atomic E-state index is 11.9. The van der Waals surface area contributed by atoms with Crippen molar-refractivity contribution in [3.05, 3.63) is 22.2 Å². The van der Waals surface area contributed by atoms with Gasteiger partial charge in [-0.3, -0.25) is 4.57 Å². The van der Waals surface area contributed by atoms with Gasteiger partial charge in [-0.15, -0.1) is 0 Å². The number of rotatable bonds is 4. The first-order chi connectivity index (χ1) is 9.06. The summed E-state index contributed by atoms with van der Waals surface area (Å²) >= 11 is 0. The summed E-state index contributed by atoms with van der Waals surface area (Å²) in [7, 11) is 1.54. The molecule has 1 fully saturated rings. The van der Waals surface area contributed by atoms with E-state index in [1.165, 1.54) is 11.7 Å². The molecule has 1 aliphatic rings. The molecule has 106 valence electrons. The van der Waals surface area contributed by atoms with E-state index in [2.05, 4.69) is 4.98 Å². The number of aromatic nitrogens is 2. The first-order valence-electron chi connectivity index (χ1n) is 6.22. The molecule has 0 unspecified atom stereocenters. The number of hydrogen-bond donors (Lipinski definition) is 3. The molecule has 1 aliphatic carbocycles. The number of aliphatic hydroxyl groups excluding tert-OH is 2. The number of nitrogen functional groups attached to an aromatic ring is 1. The predicted octanol–water partition coefficient (Wildman–Crippen LogP) is -0.724. The molecular weight excluding hydrogens is 250 g/mol. The van der Waals surface area contributed by atoms with Crippen LogP contribution in [0.3, 0.4) is 0 Å². The van der Waals surface area contributed by atoms with Gasteiger partial charge in [0.1, 0.15) is 5.82 Å². The average molecular weight is 269 g/mol. The molecule has 2 rings (SSSR count). The van der Waals surface area contributed by atoms with E-state index in [1.807, 2.05) is 0 Å². The molecule has 0 spiro atoms. The van der Waals surface area contributed by atoms with Gasteiger partial charge in [0.25, 0.3) is 0 Å². The standard InChI is InChI=1S/C12H19N3O4/c1-19-6-8-4-15(12(18)14-11(8)13)9-2-7(5-16)10(17)3-9/h4,7,9-10,16-17H,2-3,5-6H2,1H3,(H2,13,14,18)/t7-,9-,10+/m1/s1. The Bertz CT molecular complexity index is 502. The van der Waals surface area contributed by atoms with Crippen LogP contribution < -0.4 is 11.4 Å². The van der Waals surface area contributed by atoms with Gasteiger partial charge in [0.05, 0.1) is 12.7 Å². The van der Waals surface area contributed by atoms with Crippen molar-refractivity contribution in [1.29, 1.82) is 0 Å². The number of hydrogen-bond acceptors (Lipinski definition) is 6. The van der Waals surface area contributed by atoms with Gasteiger partial charge in [0, 0.05) is 37.4 Å². The molecule has 3 atom stereocenters. The third-order valence-electron chi connectivity index (χ3n) is 3.62. The van der Waals surface area contributed by atoms with Gasteiger partial charge in [-0.25, -0.2) is 4.79 Å². The minimum absolute atomic E-state index is 0.0836. The van der Waals surface area contributed by atoms with E-state index in [4.69, 9.17) is 15.6 Å². The Morgan fingerprint density at radius 1 is 1.58 bits per heavy atom. The molecule has 7 nitrogen and oxygen atoms in total. The van der Waals surface area contributed by atoms with E-state index in [-0.39, 0.29) is 31.0 Å². The van der Waals surface area contributed by atoms with Gasteiger partial charge < -0.3 is 20.7 Å². The lowest BCUT2D eigenvalue weighted by atomic mass is 10.1. The first kappa shape index (κ1) is 14.0. The lowest BCUT2D eigenvalue weighted by Crippen LogP contribution is -2.28. The molecule has 1 aromatic rings. The lowest BCUT2D eigenvalue weighted by molar-refractivity contribution is 0.0906. The summed E-state index contributed by atoms with van der Waals surface area (Å²) in [5, 5.41) is 18.9. The van der Waals surface area contributed by atoms with Gasteiger partial charge in [-0.2, -0.15) is 4.98 Å². The highest BCUT2D eigenvalue weighted by atomic mass is 16.5. The van der Waals surface area contributed by atoms with E-state index in [0.29, 0.717) is 18.4 Å². The summed E-state index contributed by atoms with van der Waals surface area (Å²) in [4.78, 5) is 15.6. The SMILES string of the molecule is COCc1cn([C@@H]2C[C@H](CO)[C@@H](O)C2)c(=O)nc1N. The molecule has 0 saturated heterocycles. The Kier molecular flexibility index (Phi) is 4.18. The number of ether oxygens (including phenoxy) is 1. The molecule has 1 aromatic heterocycles. The Labute approximate surface area is 110 Å². The predicted molar refractivity (Wildman–Crippen MR) is 68.5 cm³/mol. The molecule has 4 N–H and O–H groups in total. The molecule has 19 heavy (non-hydrogen) atoms. The Morgan fingerprint density at radius 3 is 2.89 bits per heavy atom. The van der Waals surface area contributed by atoms with Crippen molar-refractivity contribution in [2.45, 2.75) is 31.6 Å². The zero-order chi connectivity index (χ0) is 14.0. The van der Waals surface area contributed by atoms with Crippen molar-refractivity contribution in [3.8, 4) is 0 Å². The van der Waals surface area contributed by atoms with Crippen molar-refractivity contribution in [2.24, 2.45) is 5.92 Å². The largest absolute Gasteiger partial charge is 0.396 e. The molecule has 0 aromatic carbocycles. The molecule has 0 bridgehead atoms. The minimum Gasteiger partial charge on any atom is -0.396 e. The van der Waals surface area contributed by atoms with Crippen LogP contribution in [-0.2, 0) is 11.3 Å². The van der Waals surface area contributed by atoms with E-state index in [9.17, 15) is 9.90 Å². The monoisotopic (exact) mass is 269 g/mol. The highest BCUT2D eigenvalue weighted by Crippen LogP contribution is 2.34. The van der Waals surface area contributed by atoms with Crippen molar-refractivity contribution >= 4 is 5.82 Å². The van der Waals surface area contributed by atoms with Crippen LogP contribution in [0.1, 0.15) is 24.4 Å². The highest BCUT2D eigenvalue weighted by molar-refractivity contribution is 5.36. The van der Waals surface area contributed by atoms with Gasteiger partial charge >= 0.3 is 5.69 Å². The number of aliphatic hydroxyl groups is 2. The van der Waals surface area contributed by atoms with E-state index >= 15 is 0 Å². The van der Waals surface area contributed by atoms with E-state index in [1.54, 1.807) is 6.20 Å². The topological polar surface area (TPSA) is 111 Å². The van der Waals surface area contributed by atoms with Crippen LogP contribution in [0.15, 0.2) is 11.0 Å². The van der Waals surface area contributed by atoms with Crippen LogP contribution >= 0.6 is 0 Å². The van der Waals surface area contributed by atoms with Crippen LogP contribution in [0.5, 0.6) is 0 Å². The molecule has 1 heterocycles. The zero-order valence-electron chi connectivity index (χ0n) is 10.8. The van der Waals surface area contributed by atoms with Crippen LogP contribution in [-0.4, -0.2) is 39.6 Å². The lowest BCUT2D eigenvalue weighted by Gasteiger charge is -2.15. The molecule has 0 aliphatic heterocycles. The average Bonchev–Trinajstić information content (AvgIpc) is 2.74. The van der Waals surface area contributed by atoms with Crippen LogP contribution in [0.25, 0.3) is 0 Å². The van der Waals surface area contributed by atoms with E-state index in [0.717, 1.165) is 0 Å². The number of anilines is 1. The maximum Gasteiger partial charge on any atom is 0.349 e. The smallest absolute Gasteiger partial charge is 0.349 e. The highest BCUT2D eigenvalue weighted by Gasteiger charge is 2.34. The van der Waals surface area contributed by atoms with E-state index < -0.39 is 11.8 Å². The quantitative estimate of drug-likeness (QED) is 0.665. The Morgan fingerprint density at radius 2 is 2.32 bits per heavy atom. The van der Waals surface area contributed by atoms with Crippen LogP contribution in [0, 0.1) is 5.92 Å². The second kappa shape index (κ2) is 5.68. The number of nitrogens with zero attached hydrogens (tertiary/aromatic N) is 2. The molecule has 0 radical (unpaired) electrons. The molecule has 0 amide bonds.